The first kappa shape index (κ1) is 19.2. The number of rotatable bonds is 2. The van der Waals surface area contributed by atoms with Crippen molar-refractivity contribution in [2.24, 2.45) is 0 Å². The monoisotopic (exact) mass is 412 g/mol. The van der Waals surface area contributed by atoms with Crippen molar-refractivity contribution in [1.29, 1.82) is 0 Å². The topological polar surface area (TPSA) is 65.6 Å². The summed E-state index contributed by atoms with van der Waals surface area (Å²) in [7, 11) is 1.35. The summed E-state index contributed by atoms with van der Waals surface area (Å²) in [6.07, 6.45) is 0.566. The third kappa shape index (κ3) is 2.92. The molecule has 5 rings (SSSR count). The Morgan fingerprint density at radius 2 is 1.90 bits per heavy atom. The molecule has 3 aromatic rings. The van der Waals surface area contributed by atoms with Crippen molar-refractivity contribution < 1.29 is 23.4 Å². The van der Waals surface area contributed by atoms with Crippen LogP contribution in [0.1, 0.15) is 41.7 Å². The number of carbonyl (C=O) groups is 1. The first-order valence-corrected chi connectivity index (χ1v) is 10.1. The second-order valence-electron chi connectivity index (χ2n) is 8.08. The van der Waals surface area contributed by atoms with Gasteiger partial charge in [-0.25, -0.2) is 8.78 Å². The third-order valence-corrected chi connectivity index (χ3v) is 6.45. The number of aromatic nitrogens is 1. The van der Waals surface area contributed by atoms with E-state index in [1.165, 1.54) is 13.2 Å². The van der Waals surface area contributed by atoms with Crippen molar-refractivity contribution in [3.8, 4) is 0 Å². The Hall–Kier alpha value is -2.77. The summed E-state index contributed by atoms with van der Waals surface area (Å²) in [4.78, 5) is 18.3. The summed E-state index contributed by atoms with van der Waals surface area (Å²) in [5.41, 5.74) is 3.51. The molecule has 3 heterocycles. The smallest absolute Gasteiger partial charge is 0.323 e. The second kappa shape index (κ2) is 7.18. The van der Waals surface area contributed by atoms with Gasteiger partial charge in [0, 0.05) is 29.1 Å². The average Bonchev–Trinajstić information content (AvgIpc) is 3.13. The molecule has 2 aliphatic heterocycles. The van der Waals surface area contributed by atoms with Gasteiger partial charge in [0.15, 0.2) is 11.6 Å². The van der Waals surface area contributed by atoms with E-state index >= 15 is 0 Å². The van der Waals surface area contributed by atoms with Crippen LogP contribution in [0.4, 0.5) is 8.78 Å². The van der Waals surface area contributed by atoms with E-state index in [0.717, 1.165) is 34.3 Å². The Kier molecular flexibility index (Phi) is 4.60. The molecule has 0 radical (unpaired) electrons. The highest BCUT2D eigenvalue weighted by molar-refractivity contribution is 5.87. The Morgan fingerprint density at radius 3 is 2.67 bits per heavy atom. The molecule has 0 saturated carbocycles. The van der Waals surface area contributed by atoms with Crippen LogP contribution in [-0.4, -0.2) is 40.2 Å². The molecule has 2 aliphatic rings. The highest BCUT2D eigenvalue weighted by atomic mass is 19.2. The molecule has 0 amide bonds. The van der Waals surface area contributed by atoms with Gasteiger partial charge in [0.2, 0.25) is 0 Å². The van der Waals surface area contributed by atoms with Gasteiger partial charge in [-0.1, -0.05) is 24.3 Å². The van der Waals surface area contributed by atoms with Crippen molar-refractivity contribution in [2.75, 3.05) is 7.11 Å². The molecule has 1 saturated heterocycles. The van der Waals surface area contributed by atoms with Crippen LogP contribution in [0.3, 0.4) is 0 Å². The number of benzene rings is 2. The molecule has 1 fully saturated rings. The lowest BCUT2D eigenvalue weighted by Crippen LogP contribution is -2.53. The molecule has 0 unspecified atom stereocenters. The Balaban J connectivity index is 1.67. The number of esters is 1. The first-order chi connectivity index (χ1) is 14.5. The van der Waals surface area contributed by atoms with E-state index in [4.69, 9.17) is 4.74 Å². The minimum Gasteiger partial charge on any atom is -0.468 e. The molecule has 0 bridgehead atoms. The zero-order chi connectivity index (χ0) is 21.0. The molecule has 2 aromatic carbocycles. The average molecular weight is 412 g/mol. The van der Waals surface area contributed by atoms with Crippen LogP contribution in [0.25, 0.3) is 10.9 Å². The number of H-pyrrole nitrogens is 1. The summed E-state index contributed by atoms with van der Waals surface area (Å²) in [6, 6.07) is 10.4. The van der Waals surface area contributed by atoms with Crippen molar-refractivity contribution in [1.82, 2.24) is 9.88 Å². The van der Waals surface area contributed by atoms with E-state index in [0.29, 0.717) is 24.8 Å². The summed E-state index contributed by atoms with van der Waals surface area (Å²) in [5, 5.41) is 11.7. The van der Waals surface area contributed by atoms with Crippen molar-refractivity contribution in [3.63, 3.8) is 0 Å². The van der Waals surface area contributed by atoms with Crippen LogP contribution in [0.15, 0.2) is 42.5 Å². The number of nitrogens with zero attached hydrogens (tertiary/aromatic N) is 1. The Morgan fingerprint density at radius 1 is 1.13 bits per heavy atom. The number of aliphatic hydroxyl groups excluding tert-OH is 1. The molecule has 156 valence electrons. The first-order valence-electron chi connectivity index (χ1n) is 10.1. The maximum absolute atomic E-state index is 14.0. The number of aliphatic hydroxyl groups is 1. The second-order valence-corrected chi connectivity index (χ2v) is 8.08. The molecule has 0 spiro atoms. The Labute approximate surface area is 172 Å². The molecule has 0 aliphatic carbocycles. The maximum atomic E-state index is 14.0. The lowest BCUT2D eigenvalue weighted by molar-refractivity contribution is -0.153. The third-order valence-electron chi connectivity index (χ3n) is 6.45. The zero-order valence-electron chi connectivity index (χ0n) is 16.4. The maximum Gasteiger partial charge on any atom is 0.323 e. The van der Waals surface area contributed by atoms with Crippen molar-refractivity contribution in [2.45, 2.75) is 43.5 Å². The number of hydrogen-bond acceptors (Lipinski definition) is 4. The van der Waals surface area contributed by atoms with Gasteiger partial charge in [-0.3, -0.25) is 9.69 Å². The molecule has 7 heteroatoms. The van der Waals surface area contributed by atoms with Crippen LogP contribution < -0.4 is 0 Å². The van der Waals surface area contributed by atoms with Crippen molar-refractivity contribution in [3.05, 3.63) is 70.9 Å². The number of carbonyl (C=O) groups excluding carboxylic acids is 1. The van der Waals surface area contributed by atoms with E-state index in [-0.39, 0.29) is 12.0 Å². The fourth-order valence-corrected chi connectivity index (χ4v) is 5.17. The standard InChI is InChI=1S/C23H22F2N2O3/c1-30-23(29)21-11-15-14-4-2-3-5-18(14)26-22(15)20-10-13(28)9-19(27(20)21)12-6-7-16(24)17(25)8-12/h2-8,13,19-21,26,28H,9-11H2,1H3/t13-,19-,20+,21-/m0/s1. The highest BCUT2D eigenvalue weighted by Crippen LogP contribution is 2.48. The predicted molar refractivity (Wildman–Crippen MR) is 107 cm³/mol. The molecule has 4 atom stereocenters. The van der Waals surface area contributed by atoms with Crippen molar-refractivity contribution >= 4 is 16.9 Å². The van der Waals surface area contributed by atoms with E-state index in [1.54, 1.807) is 0 Å². The number of ether oxygens (including phenoxy) is 1. The number of para-hydroxylation sites is 1. The number of piperidine rings is 1. The van der Waals surface area contributed by atoms with Crippen LogP contribution >= 0.6 is 0 Å². The van der Waals surface area contributed by atoms with Gasteiger partial charge >= 0.3 is 5.97 Å². The van der Waals surface area contributed by atoms with Gasteiger partial charge in [-0.2, -0.15) is 0 Å². The van der Waals surface area contributed by atoms with Crippen LogP contribution in [0.2, 0.25) is 0 Å². The minimum atomic E-state index is -0.943. The minimum absolute atomic E-state index is 0.271. The summed E-state index contributed by atoms with van der Waals surface area (Å²) in [5.74, 6) is -2.24. The predicted octanol–water partition coefficient (Wildman–Crippen LogP) is 3.78. The fraction of sp³-hybridized carbons (Fsp3) is 0.348. The lowest BCUT2D eigenvalue weighted by Gasteiger charge is -2.49. The van der Waals surface area contributed by atoms with E-state index in [2.05, 4.69) is 4.98 Å². The number of hydrogen-bond donors (Lipinski definition) is 2. The number of fused-ring (bicyclic) bond motifs is 5. The molecule has 1 aromatic heterocycles. The van der Waals surface area contributed by atoms with Crippen LogP contribution in [-0.2, 0) is 16.0 Å². The van der Waals surface area contributed by atoms with Gasteiger partial charge in [0.05, 0.1) is 19.3 Å². The molecular formula is C23H22F2N2O3. The summed E-state index contributed by atoms with van der Waals surface area (Å²) >= 11 is 0. The quantitative estimate of drug-likeness (QED) is 0.629. The van der Waals surface area contributed by atoms with E-state index in [1.807, 2.05) is 29.2 Å². The van der Waals surface area contributed by atoms with Gasteiger partial charge in [0.1, 0.15) is 6.04 Å². The van der Waals surface area contributed by atoms with Gasteiger partial charge in [0.25, 0.3) is 0 Å². The van der Waals surface area contributed by atoms with Gasteiger partial charge in [-0.05, 0) is 42.2 Å². The number of aromatic amines is 1. The normalized spacial score (nSPS) is 26.3. The zero-order valence-corrected chi connectivity index (χ0v) is 16.4. The SMILES string of the molecule is COC(=O)[C@@H]1Cc2c([nH]c3ccccc23)[C@H]2C[C@@H](O)C[C@@H](c3ccc(F)c(F)c3)N21. The number of nitrogens with one attached hydrogen (secondary N) is 1. The molecular weight excluding hydrogens is 390 g/mol. The van der Waals surface area contributed by atoms with Crippen LogP contribution in [0, 0.1) is 11.6 Å². The van der Waals surface area contributed by atoms with Gasteiger partial charge in [-0.15, -0.1) is 0 Å². The molecule has 2 N–H and O–H groups in total. The number of methoxy groups -OCH3 is 1. The van der Waals surface area contributed by atoms with E-state index in [9.17, 15) is 18.7 Å². The summed E-state index contributed by atoms with van der Waals surface area (Å²) < 4.78 is 32.6. The largest absolute Gasteiger partial charge is 0.468 e. The van der Waals surface area contributed by atoms with E-state index < -0.39 is 29.8 Å². The van der Waals surface area contributed by atoms with Gasteiger partial charge < -0.3 is 14.8 Å². The lowest BCUT2D eigenvalue weighted by atomic mass is 9.80. The number of halogens is 2. The highest BCUT2D eigenvalue weighted by Gasteiger charge is 2.48. The Bertz CT molecular complexity index is 1130. The fourth-order valence-electron chi connectivity index (χ4n) is 5.17. The summed E-state index contributed by atoms with van der Waals surface area (Å²) in [6.45, 7) is 0. The molecule has 30 heavy (non-hydrogen) atoms. The van der Waals surface area contributed by atoms with Crippen LogP contribution in [0.5, 0.6) is 0 Å². The molecule has 5 nitrogen and oxygen atoms in total.